The molecule has 4 nitrogen and oxygen atoms in total. The van der Waals surface area contributed by atoms with Crippen molar-refractivity contribution in [2.45, 2.75) is 31.2 Å². The van der Waals surface area contributed by atoms with Crippen LogP contribution in [0, 0.1) is 0 Å². The van der Waals surface area contributed by atoms with Crippen molar-refractivity contribution in [1.29, 1.82) is 0 Å². The average molecular weight is 278 g/mol. The van der Waals surface area contributed by atoms with Gasteiger partial charge in [-0.15, -0.1) is 0 Å². The Balaban J connectivity index is 2.76. The van der Waals surface area contributed by atoms with Crippen LogP contribution in [0.3, 0.4) is 0 Å². The van der Waals surface area contributed by atoms with Crippen LogP contribution in [0.2, 0.25) is 0 Å². The number of alkyl halides is 2. The monoisotopic (exact) mass is 278 g/mol. The zero-order chi connectivity index (χ0) is 13.8. The molecule has 0 atom stereocenters. The summed E-state index contributed by atoms with van der Waals surface area (Å²) < 4.78 is 49.9. The van der Waals surface area contributed by atoms with E-state index in [0.29, 0.717) is 5.69 Å². The minimum absolute atomic E-state index is 0.110. The van der Waals surface area contributed by atoms with Gasteiger partial charge in [0.05, 0.1) is 11.4 Å². The van der Waals surface area contributed by atoms with Crippen molar-refractivity contribution < 1.29 is 17.2 Å². The number of sulfonamides is 1. The van der Waals surface area contributed by atoms with Gasteiger partial charge >= 0.3 is 0 Å². The van der Waals surface area contributed by atoms with Crippen molar-refractivity contribution in [3.05, 3.63) is 24.3 Å². The Kier molecular flexibility index (Phi) is 5.03. The van der Waals surface area contributed by atoms with E-state index in [9.17, 15) is 17.2 Å². The first-order valence-electron chi connectivity index (χ1n) is 5.45. The van der Waals surface area contributed by atoms with Gasteiger partial charge in [-0.3, -0.25) is 0 Å². The largest absolute Gasteiger partial charge is 0.379 e. The highest BCUT2D eigenvalue weighted by Crippen LogP contribution is 2.14. The van der Waals surface area contributed by atoms with Crippen LogP contribution in [0.1, 0.15) is 13.8 Å². The molecule has 2 N–H and O–H groups in total. The van der Waals surface area contributed by atoms with Gasteiger partial charge in [-0.1, -0.05) is 0 Å². The molecule has 0 amide bonds. The molecule has 0 heterocycles. The van der Waals surface area contributed by atoms with Crippen molar-refractivity contribution in [1.82, 2.24) is 4.72 Å². The van der Waals surface area contributed by atoms with Gasteiger partial charge in [0.15, 0.2) is 0 Å². The van der Waals surface area contributed by atoms with Crippen molar-refractivity contribution in [3.8, 4) is 0 Å². The molecule has 0 aliphatic carbocycles. The zero-order valence-corrected chi connectivity index (χ0v) is 11.0. The minimum Gasteiger partial charge on any atom is -0.379 e. The Labute approximate surface area is 105 Å². The van der Waals surface area contributed by atoms with Crippen molar-refractivity contribution in [2.75, 3.05) is 11.9 Å². The highest BCUT2D eigenvalue weighted by Gasteiger charge is 2.14. The maximum Gasteiger partial charge on any atom is 0.255 e. The standard InChI is InChI=1S/C11H16F2N2O2S/c1-8(2)15-18(16,17)10-5-3-9(4-6-10)14-7-11(12)13/h3-6,8,11,14-15H,7H2,1-2H3. The van der Waals surface area contributed by atoms with Gasteiger partial charge < -0.3 is 5.32 Å². The van der Waals surface area contributed by atoms with Crippen LogP contribution < -0.4 is 10.0 Å². The average Bonchev–Trinajstić information content (AvgIpc) is 2.25. The third kappa shape index (κ3) is 4.58. The molecule has 102 valence electrons. The fraction of sp³-hybridized carbons (Fsp3) is 0.455. The lowest BCUT2D eigenvalue weighted by atomic mass is 10.3. The molecule has 18 heavy (non-hydrogen) atoms. The minimum atomic E-state index is -3.53. The number of rotatable bonds is 6. The third-order valence-electron chi connectivity index (χ3n) is 2.02. The van der Waals surface area contributed by atoms with Gasteiger partial charge in [-0.25, -0.2) is 21.9 Å². The predicted octanol–water partition coefficient (Wildman–Crippen LogP) is 2.05. The first-order valence-corrected chi connectivity index (χ1v) is 6.94. The first kappa shape index (κ1) is 14.8. The number of halogens is 2. The van der Waals surface area contributed by atoms with Gasteiger partial charge in [-0.2, -0.15) is 0 Å². The van der Waals surface area contributed by atoms with E-state index in [1.807, 2.05) is 0 Å². The van der Waals surface area contributed by atoms with Gasteiger partial charge in [0.1, 0.15) is 0 Å². The molecule has 1 rings (SSSR count). The summed E-state index contributed by atoms with van der Waals surface area (Å²) in [6, 6.07) is 5.46. The first-order chi connectivity index (χ1) is 8.31. The quantitative estimate of drug-likeness (QED) is 0.837. The van der Waals surface area contributed by atoms with E-state index in [1.165, 1.54) is 24.3 Å². The number of hydrogen-bond acceptors (Lipinski definition) is 3. The summed E-state index contributed by atoms with van der Waals surface area (Å²) in [5, 5.41) is 2.50. The van der Waals surface area contributed by atoms with Gasteiger partial charge in [-0.05, 0) is 38.1 Å². The van der Waals surface area contributed by atoms with E-state index in [-0.39, 0.29) is 10.9 Å². The van der Waals surface area contributed by atoms with Crippen LogP contribution >= 0.6 is 0 Å². The second kappa shape index (κ2) is 6.10. The smallest absolute Gasteiger partial charge is 0.255 e. The molecule has 0 saturated carbocycles. The van der Waals surface area contributed by atoms with E-state index < -0.39 is 23.0 Å². The number of benzene rings is 1. The molecule has 0 aromatic heterocycles. The maximum absolute atomic E-state index is 12.0. The molecule has 1 aromatic carbocycles. The Hall–Kier alpha value is -1.21. The molecule has 1 aromatic rings. The summed E-state index contributed by atoms with van der Waals surface area (Å²) in [5.41, 5.74) is 0.457. The molecule has 0 saturated heterocycles. The lowest BCUT2D eigenvalue weighted by Crippen LogP contribution is -2.30. The van der Waals surface area contributed by atoms with Gasteiger partial charge in [0, 0.05) is 11.7 Å². The Morgan fingerprint density at radius 3 is 2.17 bits per heavy atom. The van der Waals surface area contributed by atoms with E-state index in [0.717, 1.165) is 0 Å². The summed E-state index contributed by atoms with van der Waals surface area (Å²) in [7, 11) is -3.53. The molecule has 7 heteroatoms. The van der Waals surface area contributed by atoms with Crippen LogP contribution in [0.5, 0.6) is 0 Å². The molecule has 0 aliphatic heterocycles. The summed E-state index contributed by atoms with van der Waals surface area (Å²) in [6.45, 7) is 2.97. The normalized spacial score (nSPS) is 12.1. The van der Waals surface area contributed by atoms with E-state index in [1.54, 1.807) is 13.8 Å². The molecular weight excluding hydrogens is 262 g/mol. The van der Waals surface area contributed by atoms with Crippen LogP contribution in [0.4, 0.5) is 14.5 Å². The summed E-state index contributed by atoms with van der Waals surface area (Å²) in [6.07, 6.45) is -2.45. The number of hydrogen-bond donors (Lipinski definition) is 2. The highest BCUT2D eigenvalue weighted by molar-refractivity contribution is 7.89. The van der Waals surface area contributed by atoms with E-state index in [2.05, 4.69) is 10.0 Å². The summed E-state index contributed by atoms with van der Waals surface area (Å²) >= 11 is 0. The molecule has 0 bridgehead atoms. The second-order valence-electron chi connectivity index (χ2n) is 4.07. The molecule has 0 radical (unpaired) electrons. The van der Waals surface area contributed by atoms with E-state index >= 15 is 0 Å². The lowest BCUT2D eigenvalue weighted by molar-refractivity contribution is 0.163. The van der Waals surface area contributed by atoms with Gasteiger partial charge in [0.2, 0.25) is 10.0 Å². The summed E-state index contributed by atoms with van der Waals surface area (Å²) in [5.74, 6) is 0. The molecule has 0 aliphatic rings. The molecule has 0 fully saturated rings. The highest BCUT2D eigenvalue weighted by atomic mass is 32.2. The van der Waals surface area contributed by atoms with Gasteiger partial charge in [0.25, 0.3) is 6.43 Å². The fourth-order valence-electron chi connectivity index (χ4n) is 1.33. The van der Waals surface area contributed by atoms with Crippen LogP contribution in [0.15, 0.2) is 29.2 Å². The van der Waals surface area contributed by atoms with Crippen LogP contribution in [-0.2, 0) is 10.0 Å². The lowest BCUT2D eigenvalue weighted by Gasteiger charge is -2.10. The van der Waals surface area contributed by atoms with Crippen molar-refractivity contribution in [2.24, 2.45) is 0 Å². The topological polar surface area (TPSA) is 58.2 Å². The van der Waals surface area contributed by atoms with Crippen LogP contribution in [-0.4, -0.2) is 27.4 Å². The second-order valence-corrected chi connectivity index (χ2v) is 5.79. The molecular formula is C11H16F2N2O2S. The van der Waals surface area contributed by atoms with Crippen LogP contribution in [0.25, 0.3) is 0 Å². The number of anilines is 1. The predicted molar refractivity (Wildman–Crippen MR) is 66.4 cm³/mol. The molecule has 0 unspecified atom stereocenters. The SMILES string of the molecule is CC(C)NS(=O)(=O)c1ccc(NCC(F)F)cc1. The Morgan fingerprint density at radius 1 is 1.17 bits per heavy atom. The zero-order valence-electron chi connectivity index (χ0n) is 10.2. The summed E-state index contributed by atoms with van der Waals surface area (Å²) in [4.78, 5) is 0.110. The van der Waals surface area contributed by atoms with Crippen molar-refractivity contribution >= 4 is 15.7 Å². The Morgan fingerprint density at radius 2 is 1.72 bits per heavy atom. The molecule has 0 spiro atoms. The maximum atomic E-state index is 12.0. The third-order valence-corrected chi connectivity index (χ3v) is 3.69. The van der Waals surface area contributed by atoms with Crippen molar-refractivity contribution in [3.63, 3.8) is 0 Å². The fourth-order valence-corrected chi connectivity index (χ4v) is 2.58. The number of nitrogens with one attached hydrogen (secondary N) is 2. The van der Waals surface area contributed by atoms with E-state index in [4.69, 9.17) is 0 Å². The Bertz CT molecular complexity index is 472.